The smallest absolute Gasteiger partial charge is 0.264 e. The van der Waals surface area contributed by atoms with Crippen LogP contribution in [-0.4, -0.2) is 15.6 Å². The molecular formula is C20H17N3OS. The first-order valence-corrected chi connectivity index (χ1v) is 8.84. The average molecular weight is 347 g/mol. The highest BCUT2D eigenvalue weighted by Crippen LogP contribution is 2.32. The molecular weight excluding hydrogens is 330 g/mol. The molecule has 0 aliphatic carbocycles. The lowest BCUT2D eigenvalue weighted by Crippen LogP contribution is -2.19. The van der Waals surface area contributed by atoms with Crippen LogP contribution in [0.15, 0.2) is 64.5 Å². The molecule has 1 N–H and O–H groups in total. The molecule has 4 nitrogen and oxygen atoms in total. The third kappa shape index (κ3) is 2.87. The van der Waals surface area contributed by atoms with Crippen LogP contribution < -0.4 is 5.32 Å². The van der Waals surface area contributed by atoms with Crippen LogP contribution in [0.25, 0.3) is 17.0 Å². The number of nitrogens with one attached hydrogen (secondary N) is 1. The van der Waals surface area contributed by atoms with Crippen LogP contribution in [0.1, 0.15) is 11.3 Å². The molecule has 3 aromatic rings. The second-order valence-electron chi connectivity index (χ2n) is 5.89. The molecule has 2 heterocycles. The van der Waals surface area contributed by atoms with Crippen LogP contribution in [0.3, 0.4) is 0 Å². The number of hydrogen-bond acceptors (Lipinski definition) is 3. The fourth-order valence-electron chi connectivity index (χ4n) is 2.96. The molecule has 0 radical (unpaired) electrons. The molecule has 1 saturated heterocycles. The molecule has 0 saturated carbocycles. The molecule has 4 rings (SSSR count). The average Bonchev–Trinajstić information content (AvgIpc) is 3.09. The van der Waals surface area contributed by atoms with Gasteiger partial charge in [0.1, 0.15) is 0 Å². The fourth-order valence-corrected chi connectivity index (χ4v) is 3.79. The maximum absolute atomic E-state index is 12.3. The number of hydrogen-bond donors (Lipinski definition) is 1. The van der Waals surface area contributed by atoms with Crippen molar-refractivity contribution in [1.29, 1.82) is 0 Å². The van der Waals surface area contributed by atoms with E-state index in [4.69, 9.17) is 0 Å². The summed E-state index contributed by atoms with van der Waals surface area (Å²) in [5, 5.41) is 4.61. The molecule has 0 unspecified atom stereocenters. The third-order valence-electron chi connectivity index (χ3n) is 4.36. The minimum Gasteiger partial charge on any atom is -0.347 e. The maximum Gasteiger partial charge on any atom is 0.264 e. The normalized spacial score (nSPS) is 17.6. The largest absolute Gasteiger partial charge is 0.347 e. The number of rotatable bonds is 2. The highest BCUT2D eigenvalue weighted by Gasteiger charge is 2.24. The molecule has 1 aromatic heterocycles. The summed E-state index contributed by atoms with van der Waals surface area (Å²) in [5.74, 6) is -0.105. The Kier molecular flexibility index (Phi) is 3.93. The van der Waals surface area contributed by atoms with Crippen molar-refractivity contribution in [2.45, 2.75) is 6.92 Å². The van der Waals surface area contributed by atoms with E-state index in [0.29, 0.717) is 10.1 Å². The minimum absolute atomic E-state index is 0.105. The number of amidine groups is 1. The van der Waals surface area contributed by atoms with Crippen molar-refractivity contribution in [3.05, 3.63) is 70.8 Å². The molecule has 2 aromatic carbocycles. The molecule has 0 atom stereocenters. The first-order valence-electron chi connectivity index (χ1n) is 8.02. The molecule has 1 amide bonds. The van der Waals surface area contributed by atoms with Gasteiger partial charge in [-0.05, 0) is 43.0 Å². The van der Waals surface area contributed by atoms with Crippen LogP contribution in [-0.2, 0) is 11.8 Å². The van der Waals surface area contributed by atoms with Gasteiger partial charge in [0.15, 0.2) is 5.17 Å². The summed E-state index contributed by atoms with van der Waals surface area (Å²) in [6.07, 6.45) is 1.96. The Morgan fingerprint density at radius 2 is 1.80 bits per heavy atom. The lowest BCUT2D eigenvalue weighted by molar-refractivity contribution is -0.115. The lowest BCUT2D eigenvalue weighted by Gasteiger charge is -1.98. The van der Waals surface area contributed by atoms with E-state index in [-0.39, 0.29) is 5.91 Å². The van der Waals surface area contributed by atoms with Crippen LogP contribution in [0.4, 0.5) is 5.69 Å². The van der Waals surface area contributed by atoms with Crippen LogP contribution >= 0.6 is 11.8 Å². The van der Waals surface area contributed by atoms with Gasteiger partial charge in [-0.1, -0.05) is 36.4 Å². The van der Waals surface area contributed by atoms with Crippen molar-refractivity contribution in [1.82, 2.24) is 9.88 Å². The zero-order valence-corrected chi connectivity index (χ0v) is 14.8. The summed E-state index contributed by atoms with van der Waals surface area (Å²) >= 11 is 1.38. The Hall–Kier alpha value is -2.79. The van der Waals surface area contributed by atoms with E-state index >= 15 is 0 Å². The number of fused-ring (bicyclic) bond motifs is 1. The second-order valence-corrected chi connectivity index (χ2v) is 6.92. The van der Waals surface area contributed by atoms with E-state index in [1.165, 1.54) is 11.8 Å². The summed E-state index contributed by atoms with van der Waals surface area (Å²) in [5.41, 5.74) is 4.20. The minimum atomic E-state index is -0.105. The number of amides is 1. The monoisotopic (exact) mass is 347 g/mol. The highest BCUT2D eigenvalue weighted by atomic mass is 32.2. The fraction of sp³-hybridized carbons (Fsp3) is 0.100. The van der Waals surface area contributed by atoms with Crippen molar-refractivity contribution in [2.24, 2.45) is 12.0 Å². The van der Waals surface area contributed by atoms with Gasteiger partial charge in [-0.15, -0.1) is 0 Å². The topological polar surface area (TPSA) is 46.4 Å². The molecule has 124 valence electrons. The number of aromatic nitrogens is 1. The van der Waals surface area contributed by atoms with Crippen LogP contribution in [0.5, 0.6) is 0 Å². The van der Waals surface area contributed by atoms with Crippen molar-refractivity contribution < 1.29 is 4.79 Å². The van der Waals surface area contributed by atoms with E-state index in [1.807, 2.05) is 55.6 Å². The third-order valence-corrected chi connectivity index (χ3v) is 5.27. The molecule has 0 bridgehead atoms. The van der Waals surface area contributed by atoms with Crippen LogP contribution in [0, 0.1) is 6.92 Å². The SMILES string of the molecule is Cc1c(/C=C2\SC(=Nc3ccccc3)NC2=O)c2ccccc2n1C. The summed E-state index contributed by atoms with van der Waals surface area (Å²) in [6.45, 7) is 2.07. The number of carbonyl (C=O) groups is 1. The second kappa shape index (κ2) is 6.26. The number of carbonyl (C=O) groups excluding carboxylic acids is 1. The molecule has 5 heteroatoms. The van der Waals surface area contributed by atoms with E-state index in [9.17, 15) is 4.79 Å². The van der Waals surface area contributed by atoms with Crippen molar-refractivity contribution in [2.75, 3.05) is 0 Å². The van der Waals surface area contributed by atoms with Gasteiger partial charge < -0.3 is 9.88 Å². The Morgan fingerprint density at radius 1 is 1.08 bits per heavy atom. The number of benzene rings is 2. The van der Waals surface area contributed by atoms with Crippen LogP contribution in [0.2, 0.25) is 0 Å². The number of aliphatic imine (C=N–C) groups is 1. The van der Waals surface area contributed by atoms with E-state index in [1.54, 1.807) is 0 Å². The van der Waals surface area contributed by atoms with Gasteiger partial charge in [-0.25, -0.2) is 4.99 Å². The van der Waals surface area contributed by atoms with Gasteiger partial charge >= 0.3 is 0 Å². The zero-order valence-electron chi connectivity index (χ0n) is 14.0. The first-order chi connectivity index (χ1) is 12.1. The van der Waals surface area contributed by atoms with Gasteiger partial charge in [-0.2, -0.15) is 0 Å². The Morgan fingerprint density at radius 3 is 2.60 bits per heavy atom. The van der Waals surface area contributed by atoms with E-state index in [0.717, 1.165) is 27.8 Å². The van der Waals surface area contributed by atoms with Gasteiger partial charge in [0.2, 0.25) is 0 Å². The summed E-state index contributed by atoms with van der Waals surface area (Å²) in [7, 11) is 2.05. The van der Waals surface area contributed by atoms with Crippen molar-refractivity contribution >= 4 is 45.5 Å². The Balaban J connectivity index is 1.72. The summed E-state index contributed by atoms with van der Waals surface area (Å²) in [4.78, 5) is 17.5. The number of para-hydroxylation sites is 2. The molecule has 0 spiro atoms. The van der Waals surface area contributed by atoms with Gasteiger partial charge in [0.05, 0.1) is 10.6 Å². The number of thioether (sulfide) groups is 1. The molecule has 1 aliphatic rings. The Labute approximate surface area is 150 Å². The predicted molar refractivity (Wildman–Crippen MR) is 105 cm³/mol. The lowest BCUT2D eigenvalue weighted by atomic mass is 10.1. The van der Waals surface area contributed by atoms with Crippen molar-refractivity contribution in [3.63, 3.8) is 0 Å². The molecule has 1 aliphatic heterocycles. The van der Waals surface area contributed by atoms with E-state index in [2.05, 4.69) is 33.9 Å². The van der Waals surface area contributed by atoms with Gasteiger partial charge in [-0.3, -0.25) is 4.79 Å². The molecule has 25 heavy (non-hydrogen) atoms. The van der Waals surface area contributed by atoms with Gasteiger partial charge in [0.25, 0.3) is 5.91 Å². The first kappa shape index (κ1) is 15.7. The number of nitrogens with zero attached hydrogens (tertiary/aromatic N) is 2. The van der Waals surface area contributed by atoms with Gasteiger partial charge in [0, 0.05) is 29.2 Å². The standard InChI is InChI=1S/C20H17N3OS/c1-13-16(15-10-6-7-11-17(15)23(13)2)12-18-19(24)22-20(25-18)21-14-8-4-3-5-9-14/h3-12H,1-2H3,(H,21,22,24)/b18-12-. The maximum atomic E-state index is 12.3. The zero-order chi connectivity index (χ0) is 17.4. The predicted octanol–water partition coefficient (Wildman–Crippen LogP) is 4.38. The highest BCUT2D eigenvalue weighted by molar-refractivity contribution is 8.18. The number of aryl methyl sites for hydroxylation is 1. The van der Waals surface area contributed by atoms with E-state index < -0.39 is 0 Å². The quantitative estimate of drug-likeness (QED) is 0.699. The molecule has 1 fully saturated rings. The van der Waals surface area contributed by atoms with Crippen molar-refractivity contribution in [3.8, 4) is 0 Å². The Bertz CT molecular complexity index is 1030. The summed E-state index contributed by atoms with van der Waals surface area (Å²) in [6, 6.07) is 17.9. The summed E-state index contributed by atoms with van der Waals surface area (Å²) < 4.78 is 2.15.